The number of aromatic nitrogens is 1. The quantitative estimate of drug-likeness (QED) is 0.658. The Hall–Kier alpha value is -2.77. The van der Waals surface area contributed by atoms with Crippen LogP contribution in [0.5, 0.6) is 0 Å². The molecule has 2 aromatic rings. The Morgan fingerprint density at radius 1 is 1.11 bits per heavy atom. The number of anilines is 1. The van der Waals surface area contributed by atoms with Crippen molar-refractivity contribution in [1.82, 2.24) is 15.6 Å². The molecule has 1 aromatic heterocycles. The van der Waals surface area contributed by atoms with Crippen molar-refractivity contribution >= 4 is 17.5 Å². The first-order chi connectivity index (χ1) is 16.8. The van der Waals surface area contributed by atoms with Crippen molar-refractivity contribution in [3.05, 3.63) is 59.9 Å². The third-order valence-electron chi connectivity index (χ3n) is 6.93. The molecular formula is C28H38N4O3. The molecule has 0 radical (unpaired) electrons. The molecule has 2 amide bonds. The number of nitrogens with one attached hydrogen (secondary N) is 2. The zero-order valence-electron chi connectivity index (χ0n) is 21.1. The third-order valence-corrected chi connectivity index (χ3v) is 6.93. The standard InChI is InChI=1S/C28H38N4O3/c1-28(2,3)21-11-13-23(14-12-21)32(27(34)24-19-35-17-16-30-24)25(20-8-7-15-29-18-20)26(33)31-22-9-5-4-6-10-22/h7-8,11-15,18,22,24-25,30H,4-6,9-10,16-17,19H2,1-3H3,(H,31,33). The lowest BCUT2D eigenvalue weighted by Crippen LogP contribution is -2.56. The maximum absolute atomic E-state index is 14.0. The van der Waals surface area contributed by atoms with Crippen LogP contribution in [-0.4, -0.2) is 48.6 Å². The van der Waals surface area contributed by atoms with Crippen molar-refractivity contribution in [2.45, 2.75) is 76.4 Å². The highest BCUT2D eigenvalue weighted by molar-refractivity contribution is 6.03. The molecule has 0 spiro atoms. The van der Waals surface area contributed by atoms with Crippen LogP contribution in [-0.2, 0) is 19.7 Å². The number of nitrogens with zero attached hydrogens (tertiary/aromatic N) is 2. The summed E-state index contributed by atoms with van der Waals surface area (Å²) >= 11 is 0. The highest BCUT2D eigenvalue weighted by atomic mass is 16.5. The number of benzene rings is 1. The van der Waals surface area contributed by atoms with E-state index in [-0.39, 0.29) is 29.9 Å². The van der Waals surface area contributed by atoms with Gasteiger partial charge in [0.15, 0.2) is 0 Å². The minimum Gasteiger partial charge on any atom is -0.378 e. The van der Waals surface area contributed by atoms with Gasteiger partial charge in [0, 0.05) is 36.2 Å². The smallest absolute Gasteiger partial charge is 0.248 e. The lowest BCUT2D eigenvalue weighted by Gasteiger charge is -2.36. The molecule has 188 valence electrons. The van der Waals surface area contributed by atoms with E-state index in [0.29, 0.717) is 24.4 Å². The number of amides is 2. The van der Waals surface area contributed by atoms with Crippen LogP contribution in [0.25, 0.3) is 0 Å². The first-order valence-corrected chi connectivity index (χ1v) is 12.8. The summed E-state index contributed by atoms with van der Waals surface area (Å²) in [5.74, 6) is -0.351. The lowest BCUT2D eigenvalue weighted by atomic mass is 9.87. The first kappa shape index (κ1) is 25.3. The zero-order valence-corrected chi connectivity index (χ0v) is 21.1. The highest BCUT2D eigenvalue weighted by Gasteiger charge is 2.38. The van der Waals surface area contributed by atoms with Crippen LogP contribution in [0, 0.1) is 0 Å². The molecule has 1 aromatic carbocycles. The summed E-state index contributed by atoms with van der Waals surface area (Å²) in [5.41, 5.74) is 2.51. The number of hydrogen-bond donors (Lipinski definition) is 2. The van der Waals surface area contributed by atoms with E-state index in [1.165, 1.54) is 6.42 Å². The molecule has 1 saturated heterocycles. The van der Waals surface area contributed by atoms with Gasteiger partial charge >= 0.3 is 0 Å². The van der Waals surface area contributed by atoms with Gasteiger partial charge in [-0.15, -0.1) is 0 Å². The van der Waals surface area contributed by atoms with Gasteiger partial charge < -0.3 is 15.4 Å². The van der Waals surface area contributed by atoms with Gasteiger partial charge in [-0.2, -0.15) is 0 Å². The Labute approximate surface area is 208 Å². The molecule has 7 heteroatoms. The van der Waals surface area contributed by atoms with Crippen LogP contribution in [0.15, 0.2) is 48.8 Å². The van der Waals surface area contributed by atoms with Crippen LogP contribution in [0.4, 0.5) is 5.69 Å². The third kappa shape index (κ3) is 6.27. The summed E-state index contributed by atoms with van der Waals surface area (Å²) in [6.07, 6.45) is 8.73. The SMILES string of the molecule is CC(C)(C)c1ccc(N(C(=O)C2COCCN2)C(C(=O)NC2CCCCC2)c2cccnc2)cc1. The van der Waals surface area contributed by atoms with Gasteiger partial charge in [-0.1, -0.05) is 58.2 Å². The molecule has 2 heterocycles. The largest absolute Gasteiger partial charge is 0.378 e. The fourth-order valence-electron chi connectivity index (χ4n) is 4.90. The van der Waals surface area contributed by atoms with Crippen LogP contribution in [0.1, 0.15) is 70.0 Å². The molecule has 35 heavy (non-hydrogen) atoms. The van der Waals surface area contributed by atoms with E-state index in [4.69, 9.17) is 4.74 Å². The van der Waals surface area contributed by atoms with E-state index in [0.717, 1.165) is 31.2 Å². The van der Waals surface area contributed by atoms with Gasteiger partial charge in [0.05, 0.1) is 13.2 Å². The summed E-state index contributed by atoms with van der Waals surface area (Å²) in [6, 6.07) is 10.4. The molecule has 1 saturated carbocycles. The van der Waals surface area contributed by atoms with Crippen molar-refractivity contribution < 1.29 is 14.3 Å². The second-order valence-electron chi connectivity index (χ2n) is 10.6. The Morgan fingerprint density at radius 3 is 2.46 bits per heavy atom. The predicted octanol–water partition coefficient (Wildman–Crippen LogP) is 3.89. The average molecular weight is 479 g/mol. The van der Waals surface area contributed by atoms with Gasteiger partial charge in [-0.25, -0.2) is 0 Å². The number of rotatable bonds is 6. The van der Waals surface area contributed by atoms with Gasteiger partial charge in [0.25, 0.3) is 0 Å². The Balaban J connectivity index is 1.74. The van der Waals surface area contributed by atoms with E-state index < -0.39 is 12.1 Å². The Morgan fingerprint density at radius 2 is 1.86 bits per heavy atom. The van der Waals surface area contributed by atoms with E-state index in [2.05, 4.69) is 36.4 Å². The summed E-state index contributed by atoms with van der Waals surface area (Å²) in [7, 11) is 0. The molecule has 2 fully saturated rings. The molecule has 2 N–H and O–H groups in total. The van der Waals surface area contributed by atoms with Crippen molar-refractivity contribution in [2.75, 3.05) is 24.7 Å². The molecule has 1 aliphatic heterocycles. The molecular weight excluding hydrogens is 440 g/mol. The monoisotopic (exact) mass is 478 g/mol. The van der Waals surface area contributed by atoms with Crippen molar-refractivity contribution in [1.29, 1.82) is 0 Å². The number of morpholine rings is 1. The molecule has 2 aliphatic rings. The zero-order chi connectivity index (χ0) is 24.8. The summed E-state index contributed by atoms with van der Waals surface area (Å²) in [5, 5.41) is 6.52. The van der Waals surface area contributed by atoms with Crippen LogP contribution < -0.4 is 15.5 Å². The maximum atomic E-state index is 14.0. The average Bonchev–Trinajstić information content (AvgIpc) is 2.88. The van der Waals surface area contributed by atoms with Crippen LogP contribution in [0.2, 0.25) is 0 Å². The molecule has 0 bridgehead atoms. The van der Waals surface area contributed by atoms with E-state index in [1.54, 1.807) is 17.3 Å². The van der Waals surface area contributed by atoms with Gasteiger partial charge in [-0.05, 0) is 42.0 Å². The van der Waals surface area contributed by atoms with E-state index in [9.17, 15) is 9.59 Å². The van der Waals surface area contributed by atoms with Crippen LogP contribution >= 0.6 is 0 Å². The molecule has 1 aliphatic carbocycles. The number of hydrogen-bond acceptors (Lipinski definition) is 5. The van der Waals surface area contributed by atoms with E-state index >= 15 is 0 Å². The number of carbonyl (C=O) groups is 2. The lowest BCUT2D eigenvalue weighted by molar-refractivity contribution is -0.129. The summed E-state index contributed by atoms with van der Waals surface area (Å²) in [6.45, 7) is 7.91. The maximum Gasteiger partial charge on any atom is 0.248 e. The second-order valence-corrected chi connectivity index (χ2v) is 10.6. The minimum atomic E-state index is -0.831. The first-order valence-electron chi connectivity index (χ1n) is 12.8. The van der Waals surface area contributed by atoms with Crippen molar-refractivity contribution in [3.8, 4) is 0 Å². The molecule has 2 unspecified atom stereocenters. The van der Waals surface area contributed by atoms with E-state index in [1.807, 2.05) is 36.4 Å². The molecule has 2 atom stereocenters. The number of ether oxygens (including phenoxy) is 1. The Bertz CT molecular complexity index is 976. The van der Waals surface area contributed by atoms with Crippen molar-refractivity contribution in [3.63, 3.8) is 0 Å². The highest BCUT2D eigenvalue weighted by Crippen LogP contribution is 2.32. The molecule has 4 rings (SSSR count). The van der Waals surface area contributed by atoms with Gasteiger partial charge in [0.1, 0.15) is 12.1 Å². The topological polar surface area (TPSA) is 83.6 Å². The van der Waals surface area contributed by atoms with Gasteiger partial charge in [0.2, 0.25) is 11.8 Å². The van der Waals surface area contributed by atoms with Gasteiger partial charge in [-0.3, -0.25) is 19.5 Å². The fourth-order valence-corrected chi connectivity index (χ4v) is 4.90. The number of pyridine rings is 1. The predicted molar refractivity (Wildman–Crippen MR) is 137 cm³/mol. The summed E-state index contributed by atoms with van der Waals surface area (Å²) in [4.78, 5) is 33.7. The summed E-state index contributed by atoms with van der Waals surface area (Å²) < 4.78 is 5.60. The second kappa shape index (κ2) is 11.3. The minimum absolute atomic E-state index is 0.0206. The fraction of sp³-hybridized carbons (Fsp3) is 0.536. The Kier molecular flexibility index (Phi) is 8.19. The van der Waals surface area contributed by atoms with Crippen LogP contribution in [0.3, 0.4) is 0 Å². The molecule has 7 nitrogen and oxygen atoms in total. The van der Waals surface area contributed by atoms with Crippen molar-refractivity contribution in [2.24, 2.45) is 0 Å². The number of carbonyl (C=O) groups excluding carboxylic acids is 2. The normalized spacial score (nSPS) is 20.1.